The van der Waals surface area contributed by atoms with Gasteiger partial charge in [-0.3, -0.25) is 9.80 Å². The molecule has 0 aromatic heterocycles. The van der Waals surface area contributed by atoms with Gasteiger partial charge in [-0.05, 0) is 56.0 Å². The van der Waals surface area contributed by atoms with Gasteiger partial charge in [0.05, 0.1) is 12.3 Å². The molecule has 0 fully saturated rings. The lowest BCUT2D eigenvalue weighted by Crippen LogP contribution is -2.35. The monoisotopic (exact) mass is 440 g/mol. The SMILES string of the molecule is CCOC(=O)N(CCCCN1CC=C(c2ccccc2)CC1)c1cccc(F)c1C(=O)O. The third kappa shape index (κ3) is 5.95. The van der Waals surface area contributed by atoms with Gasteiger partial charge in [-0.1, -0.05) is 42.5 Å². The maximum Gasteiger partial charge on any atom is 0.414 e. The minimum atomic E-state index is -1.42. The quantitative estimate of drug-likeness (QED) is 0.552. The second kappa shape index (κ2) is 11.4. The van der Waals surface area contributed by atoms with Crippen LogP contribution >= 0.6 is 0 Å². The van der Waals surface area contributed by atoms with Crippen molar-refractivity contribution >= 4 is 23.3 Å². The number of carboxylic acid groups (broad SMARTS) is 1. The van der Waals surface area contributed by atoms with Gasteiger partial charge in [0.25, 0.3) is 0 Å². The summed E-state index contributed by atoms with van der Waals surface area (Å²) < 4.78 is 19.2. The zero-order valence-electron chi connectivity index (χ0n) is 18.3. The van der Waals surface area contributed by atoms with Crippen LogP contribution in [0.1, 0.15) is 42.1 Å². The molecule has 0 saturated carbocycles. The maximum absolute atomic E-state index is 14.1. The van der Waals surface area contributed by atoms with Gasteiger partial charge in [0.15, 0.2) is 0 Å². The van der Waals surface area contributed by atoms with Gasteiger partial charge in [0.2, 0.25) is 0 Å². The maximum atomic E-state index is 14.1. The Morgan fingerprint density at radius 1 is 1.12 bits per heavy atom. The first kappa shape index (κ1) is 23.5. The second-order valence-corrected chi connectivity index (χ2v) is 7.64. The van der Waals surface area contributed by atoms with Crippen LogP contribution in [0.5, 0.6) is 0 Å². The molecule has 0 aliphatic carbocycles. The Kier molecular flexibility index (Phi) is 8.39. The molecular formula is C25H29FN2O4. The lowest BCUT2D eigenvalue weighted by atomic mass is 9.99. The fourth-order valence-corrected chi connectivity index (χ4v) is 3.89. The van der Waals surface area contributed by atoms with Crippen LogP contribution in [0.3, 0.4) is 0 Å². The lowest BCUT2D eigenvalue weighted by Gasteiger charge is -2.27. The summed E-state index contributed by atoms with van der Waals surface area (Å²) in [6.07, 6.45) is 4.04. The Morgan fingerprint density at radius 3 is 2.56 bits per heavy atom. The summed E-state index contributed by atoms with van der Waals surface area (Å²) in [5.74, 6) is -2.29. The van der Waals surface area contributed by atoms with E-state index in [9.17, 15) is 19.1 Å². The van der Waals surface area contributed by atoms with Crippen molar-refractivity contribution < 1.29 is 23.8 Å². The molecule has 6 nitrogen and oxygen atoms in total. The van der Waals surface area contributed by atoms with Crippen LogP contribution in [0.15, 0.2) is 54.6 Å². The van der Waals surface area contributed by atoms with Crippen molar-refractivity contribution in [3.63, 3.8) is 0 Å². The number of benzene rings is 2. The summed E-state index contributed by atoms with van der Waals surface area (Å²) in [6, 6.07) is 14.3. The Balaban J connectivity index is 1.58. The number of aromatic carboxylic acids is 1. The van der Waals surface area contributed by atoms with Gasteiger partial charge >= 0.3 is 12.1 Å². The molecule has 0 radical (unpaired) electrons. The molecule has 0 saturated heterocycles. The van der Waals surface area contributed by atoms with Crippen molar-refractivity contribution in [2.75, 3.05) is 37.7 Å². The Morgan fingerprint density at radius 2 is 1.91 bits per heavy atom. The molecule has 3 rings (SSSR count). The largest absolute Gasteiger partial charge is 0.478 e. The number of halogens is 1. The molecule has 0 atom stereocenters. The van der Waals surface area contributed by atoms with E-state index in [0.717, 1.165) is 38.5 Å². The molecule has 1 aliphatic heterocycles. The van der Waals surface area contributed by atoms with Gasteiger partial charge in [0, 0.05) is 19.6 Å². The number of nitrogens with zero attached hydrogens (tertiary/aromatic N) is 2. The smallest absolute Gasteiger partial charge is 0.414 e. The standard InChI is InChI=1S/C25H29FN2O4/c1-2-32-25(31)28(22-12-8-11-21(26)23(22)24(29)30)16-7-6-15-27-17-13-20(14-18-27)19-9-4-3-5-10-19/h3-5,8-13H,2,6-7,14-18H2,1H3,(H,29,30). The predicted molar refractivity (Wildman–Crippen MR) is 122 cm³/mol. The van der Waals surface area contributed by atoms with Crippen LogP contribution in [-0.4, -0.2) is 54.9 Å². The highest BCUT2D eigenvalue weighted by Crippen LogP contribution is 2.25. The Hall–Kier alpha value is -3.19. The van der Waals surface area contributed by atoms with Gasteiger partial charge in [-0.2, -0.15) is 0 Å². The average Bonchev–Trinajstić information content (AvgIpc) is 2.80. The molecule has 1 heterocycles. The van der Waals surface area contributed by atoms with Gasteiger partial charge in [-0.25, -0.2) is 14.0 Å². The van der Waals surface area contributed by atoms with Crippen LogP contribution in [0.25, 0.3) is 5.57 Å². The number of hydrogen-bond donors (Lipinski definition) is 1. The van der Waals surface area contributed by atoms with Crippen LogP contribution in [0, 0.1) is 5.82 Å². The number of amides is 1. The number of rotatable bonds is 9. The Bertz CT molecular complexity index is 962. The molecule has 170 valence electrons. The summed E-state index contributed by atoms with van der Waals surface area (Å²) in [5.41, 5.74) is 2.13. The van der Waals surface area contributed by atoms with E-state index >= 15 is 0 Å². The number of carbonyl (C=O) groups excluding carboxylic acids is 1. The van der Waals surface area contributed by atoms with Crippen molar-refractivity contribution in [3.05, 3.63) is 71.6 Å². The third-order valence-electron chi connectivity index (χ3n) is 5.53. The molecular weight excluding hydrogens is 411 g/mol. The van der Waals surface area contributed by atoms with Crippen LogP contribution in [-0.2, 0) is 4.74 Å². The molecule has 32 heavy (non-hydrogen) atoms. The summed E-state index contributed by atoms with van der Waals surface area (Å²) >= 11 is 0. The Labute approximate surface area is 187 Å². The van der Waals surface area contributed by atoms with E-state index in [4.69, 9.17) is 4.74 Å². The van der Waals surface area contributed by atoms with E-state index in [1.165, 1.54) is 28.2 Å². The van der Waals surface area contributed by atoms with Crippen molar-refractivity contribution in [2.24, 2.45) is 0 Å². The topological polar surface area (TPSA) is 70.1 Å². The average molecular weight is 441 g/mol. The summed E-state index contributed by atoms with van der Waals surface area (Å²) in [6.45, 7) is 4.78. The highest BCUT2D eigenvalue weighted by Gasteiger charge is 2.25. The zero-order valence-corrected chi connectivity index (χ0v) is 18.3. The molecule has 1 N–H and O–H groups in total. The molecule has 2 aromatic rings. The zero-order chi connectivity index (χ0) is 22.9. The van der Waals surface area contributed by atoms with E-state index in [2.05, 4.69) is 23.1 Å². The van der Waals surface area contributed by atoms with E-state index in [-0.39, 0.29) is 18.8 Å². The first-order valence-electron chi connectivity index (χ1n) is 10.9. The first-order chi connectivity index (χ1) is 15.5. The van der Waals surface area contributed by atoms with E-state index < -0.39 is 23.4 Å². The van der Waals surface area contributed by atoms with Crippen LogP contribution < -0.4 is 4.90 Å². The lowest BCUT2D eigenvalue weighted by molar-refractivity contribution is 0.0692. The number of carbonyl (C=O) groups is 2. The first-order valence-corrected chi connectivity index (χ1v) is 10.9. The van der Waals surface area contributed by atoms with E-state index in [1.807, 2.05) is 18.2 Å². The fourth-order valence-electron chi connectivity index (χ4n) is 3.89. The molecule has 0 bridgehead atoms. The highest BCUT2D eigenvalue weighted by molar-refractivity contribution is 6.00. The number of hydrogen-bond acceptors (Lipinski definition) is 4. The highest BCUT2D eigenvalue weighted by atomic mass is 19.1. The predicted octanol–water partition coefficient (Wildman–Crippen LogP) is 5.06. The van der Waals surface area contributed by atoms with Crippen molar-refractivity contribution in [3.8, 4) is 0 Å². The summed E-state index contributed by atoms with van der Waals surface area (Å²) in [4.78, 5) is 27.6. The molecule has 1 aliphatic rings. The van der Waals surface area contributed by atoms with E-state index in [1.54, 1.807) is 6.92 Å². The number of unbranched alkanes of at least 4 members (excludes halogenated alkanes) is 1. The van der Waals surface area contributed by atoms with Crippen LogP contribution in [0.4, 0.5) is 14.9 Å². The number of carboxylic acids is 1. The molecule has 7 heteroatoms. The molecule has 2 aromatic carbocycles. The molecule has 0 unspecified atom stereocenters. The van der Waals surface area contributed by atoms with Crippen molar-refractivity contribution in [1.82, 2.24) is 4.90 Å². The minimum absolute atomic E-state index is 0.0179. The second-order valence-electron chi connectivity index (χ2n) is 7.64. The van der Waals surface area contributed by atoms with E-state index in [0.29, 0.717) is 6.42 Å². The van der Waals surface area contributed by atoms with Gasteiger partial charge in [0.1, 0.15) is 11.4 Å². The third-order valence-corrected chi connectivity index (χ3v) is 5.53. The van der Waals surface area contributed by atoms with Gasteiger partial charge < -0.3 is 9.84 Å². The summed E-state index contributed by atoms with van der Waals surface area (Å²) in [5, 5.41) is 9.42. The van der Waals surface area contributed by atoms with Crippen molar-refractivity contribution in [2.45, 2.75) is 26.2 Å². The fraction of sp³-hybridized carbons (Fsp3) is 0.360. The van der Waals surface area contributed by atoms with Crippen molar-refractivity contribution in [1.29, 1.82) is 0 Å². The minimum Gasteiger partial charge on any atom is -0.478 e. The van der Waals surface area contributed by atoms with Crippen LogP contribution in [0.2, 0.25) is 0 Å². The normalized spacial score (nSPS) is 14.0. The van der Waals surface area contributed by atoms with Gasteiger partial charge in [-0.15, -0.1) is 0 Å². The molecule has 1 amide bonds. The molecule has 0 spiro atoms. The summed E-state index contributed by atoms with van der Waals surface area (Å²) in [7, 11) is 0. The number of anilines is 1. The number of ether oxygens (including phenoxy) is 1.